The molecular weight excluding hydrogens is 272 g/mol. The second-order valence-corrected chi connectivity index (χ2v) is 4.49. The molecule has 5 nitrogen and oxygen atoms in total. The molecule has 0 atom stereocenters. The molecule has 0 bridgehead atoms. The molecule has 0 aliphatic rings. The van der Waals surface area contributed by atoms with Crippen LogP contribution in [0.3, 0.4) is 0 Å². The summed E-state index contributed by atoms with van der Waals surface area (Å²) in [5.74, 6) is 0.557. The minimum atomic E-state index is 0.557. The van der Waals surface area contributed by atoms with E-state index in [4.69, 9.17) is 4.74 Å². The number of rotatable bonds is 4. The summed E-state index contributed by atoms with van der Waals surface area (Å²) in [5.41, 5.74) is 0.738. The van der Waals surface area contributed by atoms with Crippen LogP contribution in [0.15, 0.2) is 23.2 Å². The van der Waals surface area contributed by atoms with Crippen LogP contribution < -0.4 is 4.74 Å². The van der Waals surface area contributed by atoms with E-state index in [-0.39, 0.29) is 0 Å². The molecule has 2 heterocycles. The van der Waals surface area contributed by atoms with E-state index in [2.05, 4.69) is 30.8 Å². The number of aromatic nitrogens is 3. The first-order chi connectivity index (χ1) is 7.66. The highest BCUT2D eigenvalue weighted by Crippen LogP contribution is 2.18. The Bertz CT molecular complexity index is 483. The summed E-state index contributed by atoms with van der Waals surface area (Å²) in [6, 6.07) is 0. The van der Waals surface area contributed by atoms with Crippen molar-refractivity contribution >= 4 is 21.6 Å². The second kappa shape index (κ2) is 4.80. The molecule has 6 heteroatoms. The lowest BCUT2D eigenvalue weighted by molar-refractivity contribution is 0.255. The molecule has 0 N–H and O–H groups in total. The standard InChI is InChI=1S/C10H13BrN4O/c1-14(2)5-6-16-10-9-12-3-4-15(9)7-8(11)13-10/h3-4,7H,5-6H2,1-2H3. The van der Waals surface area contributed by atoms with Crippen LogP contribution in [-0.2, 0) is 0 Å². The highest BCUT2D eigenvalue weighted by atomic mass is 79.9. The third-order valence-electron chi connectivity index (χ3n) is 2.09. The Morgan fingerprint density at radius 1 is 1.50 bits per heavy atom. The molecule has 0 saturated heterocycles. The summed E-state index contributed by atoms with van der Waals surface area (Å²) in [5, 5.41) is 0. The molecule has 0 fully saturated rings. The summed E-state index contributed by atoms with van der Waals surface area (Å²) in [4.78, 5) is 10.5. The van der Waals surface area contributed by atoms with Gasteiger partial charge in [0.2, 0.25) is 5.65 Å². The van der Waals surface area contributed by atoms with Gasteiger partial charge >= 0.3 is 0 Å². The Kier molecular flexibility index (Phi) is 3.40. The van der Waals surface area contributed by atoms with Gasteiger partial charge in [0, 0.05) is 25.1 Å². The molecule has 0 aliphatic carbocycles. The van der Waals surface area contributed by atoms with Gasteiger partial charge in [0.1, 0.15) is 11.2 Å². The Morgan fingerprint density at radius 3 is 3.06 bits per heavy atom. The van der Waals surface area contributed by atoms with Crippen LogP contribution in [0.1, 0.15) is 0 Å². The molecule has 0 unspecified atom stereocenters. The number of imidazole rings is 1. The molecule has 16 heavy (non-hydrogen) atoms. The normalized spacial score (nSPS) is 11.2. The van der Waals surface area contributed by atoms with E-state index in [0.717, 1.165) is 16.8 Å². The van der Waals surface area contributed by atoms with Gasteiger partial charge in [-0.05, 0) is 30.0 Å². The highest BCUT2D eigenvalue weighted by molar-refractivity contribution is 9.10. The van der Waals surface area contributed by atoms with Gasteiger partial charge < -0.3 is 9.64 Å². The number of halogens is 1. The minimum Gasteiger partial charge on any atom is -0.474 e. The maximum atomic E-state index is 5.60. The average Bonchev–Trinajstić information content (AvgIpc) is 2.64. The van der Waals surface area contributed by atoms with E-state index >= 15 is 0 Å². The van der Waals surface area contributed by atoms with Crippen molar-refractivity contribution in [3.05, 3.63) is 23.2 Å². The van der Waals surface area contributed by atoms with E-state index in [0.29, 0.717) is 12.5 Å². The summed E-state index contributed by atoms with van der Waals surface area (Å²) >= 11 is 3.34. The Balaban J connectivity index is 2.19. The zero-order valence-electron chi connectivity index (χ0n) is 9.22. The summed E-state index contributed by atoms with van der Waals surface area (Å²) in [6.07, 6.45) is 5.43. The number of hydrogen-bond donors (Lipinski definition) is 0. The van der Waals surface area contributed by atoms with Gasteiger partial charge in [-0.2, -0.15) is 0 Å². The van der Waals surface area contributed by atoms with Crippen molar-refractivity contribution in [2.45, 2.75) is 0 Å². The lowest BCUT2D eigenvalue weighted by Gasteiger charge is -2.10. The predicted octanol–water partition coefficient (Wildman–Crippen LogP) is 1.43. The number of hydrogen-bond acceptors (Lipinski definition) is 4. The van der Waals surface area contributed by atoms with Crippen LogP contribution in [-0.4, -0.2) is 46.5 Å². The quantitative estimate of drug-likeness (QED) is 0.852. The van der Waals surface area contributed by atoms with Crippen LogP contribution in [0.25, 0.3) is 5.65 Å². The Labute approximate surface area is 102 Å². The summed E-state index contributed by atoms with van der Waals surface area (Å²) in [7, 11) is 4.01. The lowest BCUT2D eigenvalue weighted by atomic mass is 10.6. The zero-order chi connectivity index (χ0) is 11.5. The predicted molar refractivity (Wildman–Crippen MR) is 64.7 cm³/mol. The SMILES string of the molecule is CN(C)CCOc1nc(Br)cn2ccnc12. The van der Waals surface area contributed by atoms with Crippen molar-refractivity contribution in [3.63, 3.8) is 0 Å². The van der Waals surface area contributed by atoms with Gasteiger partial charge in [-0.3, -0.25) is 4.40 Å². The van der Waals surface area contributed by atoms with E-state index < -0.39 is 0 Å². The van der Waals surface area contributed by atoms with E-state index in [1.165, 1.54) is 0 Å². The topological polar surface area (TPSA) is 42.7 Å². The molecule has 0 aromatic carbocycles. The van der Waals surface area contributed by atoms with Crippen LogP contribution in [0.2, 0.25) is 0 Å². The molecule has 0 radical (unpaired) electrons. The van der Waals surface area contributed by atoms with Crippen molar-refractivity contribution in [2.75, 3.05) is 27.2 Å². The zero-order valence-corrected chi connectivity index (χ0v) is 10.8. The molecule has 0 amide bonds. The van der Waals surface area contributed by atoms with E-state index in [1.54, 1.807) is 6.20 Å². The van der Waals surface area contributed by atoms with Crippen molar-refractivity contribution < 1.29 is 4.74 Å². The monoisotopic (exact) mass is 284 g/mol. The third kappa shape index (κ3) is 2.51. The smallest absolute Gasteiger partial charge is 0.259 e. The fourth-order valence-corrected chi connectivity index (χ4v) is 1.68. The van der Waals surface area contributed by atoms with Crippen LogP contribution in [0.5, 0.6) is 5.88 Å². The largest absolute Gasteiger partial charge is 0.474 e. The first-order valence-electron chi connectivity index (χ1n) is 4.93. The second-order valence-electron chi connectivity index (χ2n) is 3.68. The van der Waals surface area contributed by atoms with Crippen LogP contribution in [0.4, 0.5) is 0 Å². The van der Waals surface area contributed by atoms with E-state index in [9.17, 15) is 0 Å². The average molecular weight is 285 g/mol. The Hall–Kier alpha value is -1.14. The number of fused-ring (bicyclic) bond motifs is 1. The van der Waals surface area contributed by atoms with Crippen molar-refractivity contribution in [3.8, 4) is 5.88 Å². The maximum Gasteiger partial charge on any atom is 0.259 e. The van der Waals surface area contributed by atoms with Gasteiger partial charge in [0.25, 0.3) is 5.88 Å². The Morgan fingerprint density at radius 2 is 2.31 bits per heavy atom. The molecule has 0 spiro atoms. The summed E-state index contributed by atoms with van der Waals surface area (Å²) < 4.78 is 8.21. The molecule has 0 aliphatic heterocycles. The molecule has 2 rings (SSSR count). The van der Waals surface area contributed by atoms with Crippen LogP contribution >= 0.6 is 15.9 Å². The fourth-order valence-electron chi connectivity index (χ4n) is 1.30. The van der Waals surface area contributed by atoms with Gasteiger partial charge in [-0.1, -0.05) is 0 Å². The highest BCUT2D eigenvalue weighted by Gasteiger charge is 2.07. The fraction of sp³-hybridized carbons (Fsp3) is 0.400. The number of nitrogens with zero attached hydrogens (tertiary/aromatic N) is 4. The van der Waals surface area contributed by atoms with Gasteiger partial charge in [-0.25, -0.2) is 9.97 Å². The third-order valence-corrected chi connectivity index (χ3v) is 2.47. The van der Waals surface area contributed by atoms with E-state index in [1.807, 2.05) is 30.9 Å². The van der Waals surface area contributed by atoms with Crippen molar-refractivity contribution in [2.24, 2.45) is 0 Å². The molecular formula is C10H13BrN4O. The summed E-state index contributed by atoms with van der Waals surface area (Å²) in [6.45, 7) is 1.44. The maximum absolute atomic E-state index is 5.60. The molecule has 86 valence electrons. The molecule has 0 saturated carbocycles. The van der Waals surface area contributed by atoms with Gasteiger partial charge in [0.05, 0.1) is 0 Å². The lowest BCUT2D eigenvalue weighted by Crippen LogP contribution is -2.20. The van der Waals surface area contributed by atoms with Gasteiger partial charge in [0.15, 0.2) is 0 Å². The first-order valence-corrected chi connectivity index (χ1v) is 5.73. The van der Waals surface area contributed by atoms with Crippen LogP contribution in [0, 0.1) is 0 Å². The number of ether oxygens (including phenoxy) is 1. The molecule has 2 aromatic heterocycles. The van der Waals surface area contributed by atoms with Crippen molar-refractivity contribution in [1.82, 2.24) is 19.3 Å². The first kappa shape index (κ1) is 11.3. The van der Waals surface area contributed by atoms with Gasteiger partial charge in [-0.15, -0.1) is 0 Å². The number of likely N-dealkylation sites (N-methyl/N-ethyl adjacent to an activating group) is 1. The minimum absolute atomic E-state index is 0.557. The van der Waals surface area contributed by atoms with Crippen molar-refractivity contribution in [1.29, 1.82) is 0 Å². The molecule has 2 aromatic rings.